The summed E-state index contributed by atoms with van der Waals surface area (Å²) in [4.78, 5) is 22.8. The van der Waals surface area contributed by atoms with Gasteiger partial charge in [-0.05, 0) is 35.4 Å². The molecular formula is C23H25N3O4. The molecular weight excluding hydrogens is 382 g/mol. The van der Waals surface area contributed by atoms with Crippen LogP contribution in [0.15, 0.2) is 42.6 Å². The summed E-state index contributed by atoms with van der Waals surface area (Å²) in [5.41, 5.74) is 3.53. The lowest BCUT2D eigenvalue weighted by atomic mass is 10.0. The van der Waals surface area contributed by atoms with E-state index in [1.54, 1.807) is 20.4 Å². The zero-order valence-electron chi connectivity index (χ0n) is 17.4. The number of amides is 1. The molecule has 1 fully saturated rings. The maximum atomic E-state index is 11.9. The van der Waals surface area contributed by atoms with Gasteiger partial charge < -0.3 is 19.1 Å². The summed E-state index contributed by atoms with van der Waals surface area (Å²) in [6, 6.07) is 11.7. The molecule has 1 aliphatic heterocycles. The molecule has 0 bridgehead atoms. The van der Waals surface area contributed by atoms with Crippen molar-refractivity contribution in [3.63, 3.8) is 0 Å². The van der Waals surface area contributed by atoms with Gasteiger partial charge in [0.2, 0.25) is 11.8 Å². The predicted octanol–water partition coefficient (Wildman–Crippen LogP) is 3.70. The number of benzene rings is 2. The van der Waals surface area contributed by atoms with Gasteiger partial charge in [-0.1, -0.05) is 19.1 Å². The molecule has 1 amide bonds. The molecule has 0 aliphatic carbocycles. The fourth-order valence-electron chi connectivity index (χ4n) is 3.69. The topological polar surface area (TPSA) is 73.8 Å². The Morgan fingerprint density at radius 3 is 2.60 bits per heavy atom. The van der Waals surface area contributed by atoms with E-state index >= 15 is 0 Å². The first-order chi connectivity index (χ1) is 14.6. The number of carbonyl (C=O) groups excluding carboxylic acids is 1. The van der Waals surface area contributed by atoms with Crippen molar-refractivity contribution in [1.82, 2.24) is 14.9 Å². The first-order valence-corrected chi connectivity index (χ1v) is 10.0. The van der Waals surface area contributed by atoms with E-state index in [1.807, 2.05) is 48.2 Å². The number of hydrogen-bond acceptors (Lipinski definition) is 6. The minimum absolute atomic E-state index is 0.0544. The summed E-state index contributed by atoms with van der Waals surface area (Å²) in [5, 5.41) is 0. The van der Waals surface area contributed by atoms with E-state index in [2.05, 4.69) is 9.97 Å². The third-order valence-corrected chi connectivity index (χ3v) is 5.32. The van der Waals surface area contributed by atoms with Crippen LogP contribution in [0.2, 0.25) is 0 Å². The Bertz CT molecular complexity index is 1070. The molecule has 0 unspecified atom stereocenters. The lowest BCUT2D eigenvalue weighted by Gasteiger charge is -2.16. The molecule has 156 valence electrons. The summed E-state index contributed by atoms with van der Waals surface area (Å²) in [6.45, 7) is 3.20. The summed E-state index contributed by atoms with van der Waals surface area (Å²) in [7, 11) is 3.24. The van der Waals surface area contributed by atoms with Crippen LogP contribution in [-0.2, 0) is 4.79 Å². The smallest absolute Gasteiger partial charge is 0.233 e. The highest BCUT2D eigenvalue weighted by atomic mass is 16.5. The van der Waals surface area contributed by atoms with Crippen molar-refractivity contribution >= 4 is 16.9 Å². The van der Waals surface area contributed by atoms with Crippen LogP contribution in [0.5, 0.6) is 17.4 Å². The number of methoxy groups -OCH3 is 2. The zero-order chi connectivity index (χ0) is 21.1. The minimum atomic E-state index is -0.0544. The molecule has 0 saturated carbocycles. The predicted molar refractivity (Wildman–Crippen MR) is 114 cm³/mol. The van der Waals surface area contributed by atoms with Crippen LogP contribution in [0, 0.1) is 0 Å². The van der Waals surface area contributed by atoms with Crippen molar-refractivity contribution < 1.29 is 19.0 Å². The van der Waals surface area contributed by atoms with Crippen LogP contribution >= 0.6 is 0 Å². The number of nitrogens with zero attached hydrogens (tertiary/aromatic N) is 3. The van der Waals surface area contributed by atoms with E-state index in [0.29, 0.717) is 30.3 Å². The second-order valence-electron chi connectivity index (χ2n) is 7.20. The van der Waals surface area contributed by atoms with Gasteiger partial charge in [0.1, 0.15) is 6.10 Å². The molecule has 2 aromatic carbocycles. The Balaban J connectivity index is 1.57. The van der Waals surface area contributed by atoms with Gasteiger partial charge in [0.05, 0.1) is 38.0 Å². The number of aromatic nitrogens is 2. The van der Waals surface area contributed by atoms with Crippen LogP contribution < -0.4 is 14.2 Å². The molecule has 7 heteroatoms. The van der Waals surface area contributed by atoms with E-state index < -0.39 is 0 Å². The van der Waals surface area contributed by atoms with E-state index in [4.69, 9.17) is 14.2 Å². The fourth-order valence-corrected chi connectivity index (χ4v) is 3.69. The average molecular weight is 407 g/mol. The van der Waals surface area contributed by atoms with Gasteiger partial charge in [-0.15, -0.1) is 0 Å². The first kappa shape index (κ1) is 19.9. The summed E-state index contributed by atoms with van der Waals surface area (Å²) in [5.74, 6) is 1.99. The van der Waals surface area contributed by atoms with Gasteiger partial charge in [0, 0.05) is 19.4 Å². The van der Waals surface area contributed by atoms with Crippen molar-refractivity contribution in [1.29, 1.82) is 0 Å². The molecule has 0 N–H and O–H groups in total. The van der Waals surface area contributed by atoms with Crippen molar-refractivity contribution in [3.8, 4) is 28.5 Å². The number of ether oxygens (including phenoxy) is 3. The van der Waals surface area contributed by atoms with Crippen molar-refractivity contribution in [3.05, 3.63) is 42.6 Å². The quantitative estimate of drug-likeness (QED) is 0.620. The molecule has 0 radical (unpaired) electrons. The third-order valence-electron chi connectivity index (χ3n) is 5.32. The summed E-state index contributed by atoms with van der Waals surface area (Å²) in [6.07, 6.45) is 2.91. The summed E-state index contributed by atoms with van der Waals surface area (Å²) < 4.78 is 16.7. The highest BCUT2D eigenvalue weighted by molar-refractivity contribution is 5.82. The Labute approximate surface area is 175 Å². The monoisotopic (exact) mass is 407 g/mol. The highest BCUT2D eigenvalue weighted by Crippen LogP contribution is 2.33. The lowest BCUT2D eigenvalue weighted by molar-refractivity contribution is -0.130. The van der Waals surface area contributed by atoms with E-state index in [-0.39, 0.29) is 12.0 Å². The average Bonchev–Trinajstić information content (AvgIpc) is 3.26. The summed E-state index contributed by atoms with van der Waals surface area (Å²) >= 11 is 0. The van der Waals surface area contributed by atoms with E-state index in [9.17, 15) is 4.79 Å². The largest absolute Gasteiger partial charge is 0.493 e. The molecule has 1 atom stereocenters. The molecule has 4 rings (SSSR count). The highest BCUT2D eigenvalue weighted by Gasteiger charge is 2.27. The normalized spacial score (nSPS) is 16.0. The number of likely N-dealkylation sites (tertiary alicyclic amines) is 1. The fraction of sp³-hybridized carbons (Fsp3) is 0.348. The Kier molecular flexibility index (Phi) is 5.70. The van der Waals surface area contributed by atoms with Gasteiger partial charge in [-0.3, -0.25) is 4.79 Å². The van der Waals surface area contributed by atoms with Crippen molar-refractivity contribution in [2.24, 2.45) is 0 Å². The number of carbonyl (C=O) groups is 1. The van der Waals surface area contributed by atoms with Gasteiger partial charge in [0.25, 0.3) is 0 Å². The molecule has 3 aromatic rings. The Morgan fingerprint density at radius 1 is 1.07 bits per heavy atom. The maximum Gasteiger partial charge on any atom is 0.233 e. The van der Waals surface area contributed by atoms with Crippen LogP contribution in [0.3, 0.4) is 0 Å². The van der Waals surface area contributed by atoms with Gasteiger partial charge in [-0.25, -0.2) is 9.97 Å². The van der Waals surface area contributed by atoms with Gasteiger partial charge in [-0.2, -0.15) is 0 Å². The second kappa shape index (κ2) is 8.57. The molecule has 30 heavy (non-hydrogen) atoms. The van der Waals surface area contributed by atoms with Gasteiger partial charge >= 0.3 is 0 Å². The SMILES string of the molecule is CCC(=O)N1CC[C@@H](Oc2cnc3ccc(-c4ccc(OC)c(OC)c4)cc3n2)C1. The van der Waals surface area contributed by atoms with Crippen molar-refractivity contribution in [2.45, 2.75) is 25.9 Å². The van der Waals surface area contributed by atoms with Gasteiger partial charge in [0.15, 0.2) is 11.5 Å². The number of fused-ring (bicyclic) bond motifs is 1. The first-order valence-electron chi connectivity index (χ1n) is 10.0. The maximum absolute atomic E-state index is 11.9. The molecule has 1 aromatic heterocycles. The minimum Gasteiger partial charge on any atom is -0.493 e. The lowest BCUT2D eigenvalue weighted by Crippen LogP contribution is -2.30. The molecule has 1 saturated heterocycles. The van der Waals surface area contributed by atoms with E-state index in [1.165, 1.54) is 0 Å². The van der Waals surface area contributed by atoms with Crippen LogP contribution in [0.1, 0.15) is 19.8 Å². The molecule has 7 nitrogen and oxygen atoms in total. The Hall–Kier alpha value is -3.35. The van der Waals surface area contributed by atoms with E-state index in [0.717, 1.165) is 35.1 Å². The molecule has 1 aliphatic rings. The molecule has 2 heterocycles. The zero-order valence-corrected chi connectivity index (χ0v) is 17.4. The second-order valence-corrected chi connectivity index (χ2v) is 7.20. The Morgan fingerprint density at radius 2 is 1.83 bits per heavy atom. The van der Waals surface area contributed by atoms with Crippen LogP contribution in [0.4, 0.5) is 0 Å². The number of hydrogen-bond donors (Lipinski definition) is 0. The third kappa shape index (κ3) is 4.01. The standard InChI is InChI=1S/C23H25N3O4/c1-4-23(27)26-10-9-17(14-26)30-22-13-24-18-7-5-15(11-19(18)25-22)16-6-8-20(28-2)21(12-16)29-3/h5-8,11-13,17H,4,9-10,14H2,1-3H3/t17-/m1/s1. The van der Waals surface area contributed by atoms with Crippen molar-refractivity contribution in [2.75, 3.05) is 27.3 Å². The number of rotatable bonds is 6. The van der Waals surface area contributed by atoms with Crippen LogP contribution in [-0.4, -0.2) is 54.2 Å². The van der Waals surface area contributed by atoms with Crippen LogP contribution in [0.25, 0.3) is 22.2 Å². The molecule has 0 spiro atoms.